The van der Waals surface area contributed by atoms with Gasteiger partial charge in [0.25, 0.3) is 0 Å². The van der Waals surface area contributed by atoms with Crippen LogP contribution in [0, 0.1) is 6.92 Å². The lowest BCUT2D eigenvalue weighted by Gasteiger charge is -1.94. The number of para-hydroxylation sites is 1. The van der Waals surface area contributed by atoms with Crippen molar-refractivity contribution in [2.24, 2.45) is 0 Å². The lowest BCUT2D eigenvalue weighted by Crippen LogP contribution is -1.87. The third-order valence-electron chi connectivity index (χ3n) is 2.74. The number of fused-ring (bicyclic) bond motifs is 1. The Kier molecular flexibility index (Phi) is 1.77. The highest BCUT2D eigenvalue weighted by Gasteiger charge is 2.15. The summed E-state index contributed by atoms with van der Waals surface area (Å²) >= 11 is 0. The molecule has 1 aromatic carbocycles. The fourth-order valence-electron chi connectivity index (χ4n) is 1.83. The van der Waals surface area contributed by atoms with Gasteiger partial charge in [0, 0.05) is 22.7 Å². The van der Waals surface area contributed by atoms with Gasteiger partial charge in [-0.25, -0.2) is 0 Å². The predicted octanol–water partition coefficient (Wildman–Crippen LogP) is 2.71. The molecule has 0 radical (unpaired) electrons. The summed E-state index contributed by atoms with van der Waals surface area (Å²) in [6.07, 6.45) is 1.89. The highest BCUT2D eigenvalue weighted by atomic mass is 16.5. The molecule has 0 aliphatic heterocycles. The number of nitrogens with one attached hydrogen (secondary N) is 1. The van der Waals surface area contributed by atoms with Gasteiger partial charge in [0.15, 0.2) is 5.76 Å². The Morgan fingerprint density at radius 2 is 2.12 bits per heavy atom. The van der Waals surface area contributed by atoms with Gasteiger partial charge in [0.2, 0.25) is 0 Å². The molecule has 0 saturated carbocycles. The van der Waals surface area contributed by atoms with Gasteiger partial charge >= 0.3 is 0 Å². The van der Waals surface area contributed by atoms with Gasteiger partial charge in [-0.2, -0.15) is 0 Å². The van der Waals surface area contributed by atoms with E-state index in [1.165, 1.54) is 0 Å². The summed E-state index contributed by atoms with van der Waals surface area (Å²) in [5, 5.41) is 4.95. The molecule has 0 bridgehead atoms. The Morgan fingerprint density at radius 3 is 2.88 bits per heavy atom. The van der Waals surface area contributed by atoms with Crippen molar-refractivity contribution in [3.8, 4) is 11.3 Å². The summed E-state index contributed by atoms with van der Waals surface area (Å²) in [5.41, 5.74) is 9.25. The summed E-state index contributed by atoms with van der Waals surface area (Å²) < 4.78 is 5.25. The van der Waals surface area contributed by atoms with Crippen LogP contribution >= 0.6 is 0 Å². The maximum Gasteiger partial charge on any atom is 0.192 e. The summed E-state index contributed by atoms with van der Waals surface area (Å²) in [4.78, 5) is 3.18. The number of benzene rings is 1. The summed E-state index contributed by atoms with van der Waals surface area (Å²) in [6.45, 7) is 1.83. The summed E-state index contributed by atoms with van der Waals surface area (Å²) in [5.74, 6) is 0.634. The fraction of sp³-hybridized carbons (Fsp3) is 0.0833. The van der Waals surface area contributed by atoms with E-state index in [2.05, 4.69) is 10.1 Å². The Morgan fingerprint density at radius 1 is 1.31 bits per heavy atom. The van der Waals surface area contributed by atoms with Crippen LogP contribution in [0.5, 0.6) is 0 Å². The number of aromatic amines is 1. The molecule has 0 aliphatic carbocycles. The standard InChI is InChI=1S/C12H11N3O/c1-7-11(13)12(16-15-7)9-6-14-10-5-3-2-4-8(9)10/h2-6,14H,13H2,1H3. The normalized spacial score (nSPS) is 11.1. The minimum absolute atomic E-state index is 0.602. The molecular formula is C12H11N3O. The highest BCUT2D eigenvalue weighted by Crippen LogP contribution is 2.33. The van der Waals surface area contributed by atoms with E-state index < -0.39 is 0 Å². The molecule has 2 aromatic heterocycles. The molecule has 3 N–H and O–H groups in total. The Labute approximate surface area is 92.0 Å². The van der Waals surface area contributed by atoms with Gasteiger partial charge in [0.1, 0.15) is 11.4 Å². The van der Waals surface area contributed by atoms with Crippen molar-refractivity contribution in [3.63, 3.8) is 0 Å². The smallest absolute Gasteiger partial charge is 0.192 e. The molecule has 0 aliphatic rings. The van der Waals surface area contributed by atoms with Gasteiger partial charge in [0.05, 0.1) is 0 Å². The monoisotopic (exact) mass is 213 g/mol. The number of hydrogen-bond donors (Lipinski definition) is 2. The average molecular weight is 213 g/mol. The van der Waals surface area contributed by atoms with Crippen molar-refractivity contribution < 1.29 is 4.52 Å². The number of H-pyrrole nitrogens is 1. The number of anilines is 1. The van der Waals surface area contributed by atoms with Crippen LogP contribution in [-0.4, -0.2) is 10.1 Å². The first-order valence-electron chi connectivity index (χ1n) is 5.05. The number of hydrogen-bond acceptors (Lipinski definition) is 3. The molecule has 2 heterocycles. The third-order valence-corrected chi connectivity index (χ3v) is 2.74. The van der Waals surface area contributed by atoms with E-state index in [4.69, 9.17) is 10.3 Å². The van der Waals surface area contributed by atoms with Crippen molar-refractivity contribution >= 4 is 16.6 Å². The molecule has 16 heavy (non-hydrogen) atoms. The van der Waals surface area contributed by atoms with Crippen LogP contribution in [0.1, 0.15) is 5.69 Å². The van der Waals surface area contributed by atoms with Gasteiger partial charge in [-0.15, -0.1) is 0 Å². The van der Waals surface area contributed by atoms with Gasteiger partial charge < -0.3 is 15.2 Å². The largest absolute Gasteiger partial charge is 0.394 e. The minimum atomic E-state index is 0.602. The maximum absolute atomic E-state index is 5.91. The summed E-state index contributed by atoms with van der Waals surface area (Å²) in [7, 11) is 0. The predicted molar refractivity (Wildman–Crippen MR) is 62.9 cm³/mol. The first-order valence-corrected chi connectivity index (χ1v) is 5.05. The number of nitrogens with zero attached hydrogens (tertiary/aromatic N) is 1. The second-order valence-corrected chi connectivity index (χ2v) is 3.76. The Hall–Kier alpha value is -2.23. The topological polar surface area (TPSA) is 67.8 Å². The van der Waals surface area contributed by atoms with Crippen LogP contribution in [0.3, 0.4) is 0 Å². The fourth-order valence-corrected chi connectivity index (χ4v) is 1.83. The first-order chi connectivity index (χ1) is 7.77. The molecule has 4 nitrogen and oxygen atoms in total. The molecule has 80 valence electrons. The zero-order chi connectivity index (χ0) is 11.1. The Bertz CT molecular complexity index is 651. The zero-order valence-electron chi connectivity index (χ0n) is 8.82. The average Bonchev–Trinajstić information content (AvgIpc) is 2.85. The molecule has 0 amide bonds. The maximum atomic E-state index is 5.91. The number of nitrogen functional groups attached to an aromatic ring is 1. The third kappa shape index (κ3) is 1.13. The molecule has 0 saturated heterocycles. The molecule has 0 fully saturated rings. The van der Waals surface area contributed by atoms with Gasteiger partial charge in [-0.05, 0) is 13.0 Å². The highest BCUT2D eigenvalue weighted by molar-refractivity contribution is 5.96. The van der Waals surface area contributed by atoms with Crippen molar-refractivity contribution in [1.29, 1.82) is 0 Å². The van der Waals surface area contributed by atoms with Crippen molar-refractivity contribution in [2.45, 2.75) is 6.92 Å². The van der Waals surface area contributed by atoms with Crippen LogP contribution in [0.25, 0.3) is 22.2 Å². The molecule has 4 heteroatoms. The number of nitrogens with two attached hydrogens (primary N) is 1. The van der Waals surface area contributed by atoms with Crippen LogP contribution < -0.4 is 5.73 Å². The van der Waals surface area contributed by atoms with E-state index in [-0.39, 0.29) is 0 Å². The van der Waals surface area contributed by atoms with Crippen molar-refractivity contribution in [2.75, 3.05) is 5.73 Å². The number of rotatable bonds is 1. The molecule has 3 rings (SSSR count). The van der Waals surface area contributed by atoms with Gasteiger partial charge in [-0.1, -0.05) is 23.4 Å². The Balaban J connectivity index is 2.30. The minimum Gasteiger partial charge on any atom is -0.394 e. The van der Waals surface area contributed by atoms with Crippen LogP contribution in [0.4, 0.5) is 5.69 Å². The van der Waals surface area contributed by atoms with Crippen molar-refractivity contribution in [1.82, 2.24) is 10.1 Å². The quantitative estimate of drug-likeness (QED) is 0.653. The van der Waals surface area contributed by atoms with Crippen LogP contribution in [0.2, 0.25) is 0 Å². The molecule has 3 aromatic rings. The van der Waals surface area contributed by atoms with E-state index in [0.717, 1.165) is 22.2 Å². The molecule has 0 spiro atoms. The lowest BCUT2D eigenvalue weighted by molar-refractivity contribution is 0.427. The number of aromatic nitrogens is 2. The van der Waals surface area contributed by atoms with E-state index in [1.54, 1.807) is 0 Å². The second kappa shape index (κ2) is 3.13. The SMILES string of the molecule is Cc1noc(-c2c[nH]c3ccccc23)c1N. The van der Waals surface area contributed by atoms with Crippen molar-refractivity contribution in [3.05, 3.63) is 36.2 Å². The van der Waals surface area contributed by atoms with E-state index in [0.29, 0.717) is 11.4 Å². The molecule has 0 atom stereocenters. The second-order valence-electron chi connectivity index (χ2n) is 3.76. The van der Waals surface area contributed by atoms with Crippen LogP contribution in [-0.2, 0) is 0 Å². The van der Waals surface area contributed by atoms with Crippen LogP contribution in [0.15, 0.2) is 35.0 Å². The van der Waals surface area contributed by atoms with Gasteiger partial charge in [-0.3, -0.25) is 0 Å². The lowest BCUT2D eigenvalue weighted by atomic mass is 10.1. The molecule has 0 unspecified atom stereocenters. The zero-order valence-corrected chi connectivity index (χ0v) is 8.82. The summed E-state index contributed by atoms with van der Waals surface area (Å²) in [6, 6.07) is 8.01. The van der Waals surface area contributed by atoms with E-state index >= 15 is 0 Å². The first kappa shape index (κ1) is 9.03. The molecular weight excluding hydrogens is 202 g/mol. The van der Waals surface area contributed by atoms with E-state index in [9.17, 15) is 0 Å². The van der Waals surface area contributed by atoms with E-state index in [1.807, 2.05) is 37.4 Å². The number of aryl methyl sites for hydroxylation is 1.